The lowest BCUT2D eigenvalue weighted by molar-refractivity contribution is 0.0671. The molecule has 1 saturated carbocycles. The molecule has 2 rings (SSSR count). The third-order valence-electron chi connectivity index (χ3n) is 6.08. The van der Waals surface area contributed by atoms with Crippen molar-refractivity contribution in [3.63, 3.8) is 0 Å². The molecule has 4 unspecified atom stereocenters. The molecule has 1 aliphatic carbocycles. The monoisotopic (exact) mass is 251 g/mol. The minimum atomic E-state index is 0.449. The molecule has 0 aromatic carbocycles. The molecule has 0 aromatic rings. The summed E-state index contributed by atoms with van der Waals surface area (Å²) < 4.78 is 0. The Hall–Kier alpha value is -0.0400. The Morgan fingerprint density at radius 1 is 1.00 bits per heavy atom. The number of rotatable bonds is 2. The van der Waals surface area contributed by atoms with Crippen LogP contribution in [-0.2, 0) is 0 Å². The van der Waals surface area contributed by atoms with Crippen LogP contribution in [0.2, 0.25) is 0 Å². The van der Waals surface area contributed by atoms with Crippen molar-refractivity contribution >= 4 is 0 Å². The van der Waals surface area contributed by atoms with Crippen molar-refractivity contribution in [3.05, 3.63) is 0 Å². The highest BCUT2D eigenvalue weighted by Crippen LogP contribution is 2.44. The molecule has 0 radical (unpaired) electrons. The van der Waals surface area contributed by atoms with Gasteiger partial charge in [-0.15, -0.1) is 0 Å². The lowest BCUT2D eigenvalue weighted by Gasteiger charge is -2.48. The van der Waals surface area contributed by atoms with Crippen molar-refractivity contribution < 1.29 is 0 Å². The van der Waals surface area contributed by atoms with E-state index in [2.05, 4.69) is 33.0 Å². The fourth-order valence-electron chi connectivity index (χ4n) is 4.46. The zero-order valence-corrected chi connectivity index (χ0v) is 13.0. The quantitative estimate of drug-likeness (QED) is 0.755. The van der Waals surface area contributed by atoms with E-state index in [0.717, 1.165) is 23.7 Å². The van der Waals surface area contributed by atoms with Crippen LogP contribution in [0.4, 0.5) is 0 Å². The minimum absolute atomic E-state index is 0.449. The first-order valence-electron chi connectivity index (χ1n) is 8.31. The number of hydrogen-bond acceptors (Lipinski definition) is 1. The molecular formula is C17H33N. The molecular weight excluding hydrogens is 218 g/mol. The van der Waals surface area contributed by atoms with Crippen molar-refractivity contribution in [3.8, 4) is 0 Å². The molecule has 106 valence electrons. The van der Waals surface area contributed by atoms with Gasteiger partial charge in [0, 0.05) is 5.54 Å². The molecule has 0 bridgehead atoms. The smallest absolute Gasteiger partial charge is 0.0232 e. The average Bonchev–Trinajstić information content (AvgIpc) is 2.59. The summed E-state index contributed by atoms with van der Waals surface area (Å²) in [6.07, 6.45) is 10.0. The van der Waals surface area contributed by atoms with E-state index in [9.17, 15) is 0 Å². The van der Waals surface area contributed by atoms with Crippen molar-refractivity contribution in [2.45, 2.75) is 78.2 Å². The van der Waals surface area contributed by atoms with Gasteiger partial charge in [0.2, 0.25) is 0 Å². The van der Waals surface area contributed by atoms with Crippen LogP contribution in [-0.4, -0.2) is 12.1 Å². The summed E-state index contributed by atoms with van der Waals surface area (Å²) in [6, 6.07) is 0. The Morgan fingerprint density at radius 2 is 1.78 bits per heavy atom. The van der Waals surface area contributed by atoms with E-state index in [-0.39, 0.29) is 0 Å². The predicted molar refractivity (Wildman–Crippen MR) is 79.7 cm³/mol. The van der Waals surface area contributed by atoms with Crippen LogP contribution < -0.4 is 5.32 Å². The fourth-order valence-corrected chi connectivity index (χ4v) is 4.46. The van der Waals surface area contributed by atoms with Gasteiger partial charge in [0.1, 0.15) is 0 Å². The van der Waals surface area contributed by atoms with Gasteiger partial charge in [-0.25, -0.2) is 0 Å². The van der Waals surface area contributed by atoms with E-state index < -0.39 is 0 Å². The predicted octanol–water partition coefficient (Wildman–Crippen LogP) is 4.62. The van der Waals surface area contributed by atoms with E-state index in [1.54, 1.807) is 0 Å². The Bertz CT molecular complexity index is 250. The summed E-state index contributed by atoms with van der Waals surface area (Å²) >= 11 is 0. The second-order valence-electron chi connectivity index (χ2n) is 7.40. The first-order chi connectivity index (χ1) is 8.56. The van der Waals surface area contributed by atoms with Gasteiger partial charge in [0.25, 0.3) is 0 Å². The van der Waals surface area contributed by atoms with E-state index in [1.165, 1.54) is 51.5 Å². The molecule has 0 amide bonds. The van der Waals surface area contributed by atoms with Gasteiger partial charge in [-0.3, -0.25) is 0 Å². The summed E-state index contributed by atoms with van der Waals surface area (Å²) in [4.78, 5) is 0. The highest BCUT2D eigenvalue weighted by molar-refractivity contribution is 5.00. The normalized spacial score (nSPS) is 42.8. The first-order valence-corrected chi connectivity index (χ1v) is 8.31. The van der Waals surface area contributed by atoms with E-state index in [4.69, 9.17) is 0 Å². The van der Waals surface area contributed by atoms with Gasteiger partial charge in [0.05, 0.1) is 0 Å². The van der Waals surface area contributed by atoms with Gasteiger partial charge in [-0.1, -0.05) is 47.0 Å². The van der Waals surface area contributed by atoms with Crippen molar-refractivity contribution in [1.82, 2.24) is 5.32 Å². The molecule has 1 saturated heterocycles. The second kappa shape index (κ2) is 5.94. The third-order valence-corrected chi connectivity index (χ3v) is 6.08. The molecule has 1 aliphatic heterocycles. The standard InChI is InChI=1S/C17H33N/c1-13(2)17(10-6-5-7-11-18-17)16-9-8-14(3)15(4)12-16/h13-16,18H,5-12H2,1-4H3. The lowest BCUT2D eigenvalue weighted by Crippen LogP contribution is -2.56. The fraction of sp³-hybridized carbons (Fsp3) is 1.00. The molecule has 18 heavy (non-hydrogen) atoms. The second-order valence-corrected chi connectivity index (χ2v) is 7.40. The van der Waals surface area contributed by atoms with Crippen LogP contribution in [0.3, 0.4) is 0 Å². The topological polar surface area (TPSA) is 12.0 Å². The Morgan fingerprint density at radius 3 is 2.44 bits per heavy atom. The molecule has 2 aliphatic rings. The summed E-state index contributed by atoms with van der Waals surface area (Å²) in [5, 5.41) is 4.00. The zero-order valence-electron chi connectivity index (χ0n) is 13.0. The van der Waals surface area contributed by atoms with Gasteiger partial charge in [-0.05, 0) is 55.9 Å². The van der Waals surface area contributed by atoms with Crippen LogP contribution in [0.25, 0.3) is 0 Å². The molecule has 2 fully saturated rings. The summed E-state index contributed by atoms with van der Waals surface area (Å²) in [7, 11) is 0. The molecule has 1 N–H and O–H groups in total. The maximum absolute atomic E-state index is 4.00. The highest BCUT2D eigenvalue weighted by Gasteiger charge is 2.43. The van der Waals surface area contributed by atoms with Gasteiger partial charge >= 0.3 is 0 Å². The molecule has 0 aromatic heterocycles. The maximum Gasteiger partial charge on any atom is 0.0232 e. The van der Waals surface area contributed by atoms with E-state index in [1.807, 2.05) is 0 Å². The number of hydrogen-bond donors (Lipinski definition) is 1. The lowest BCUT2D eigenvalue weighted by atomic mass is 9.63. The van der Waals surface area contributed by atoms with Crippen molar-refractivity contribution in [1.29, 1.82) is 0 Å². The van der Waals surface area contributed by atoms with Crippen LogP contribution in [0.1, 0.15) is 72.6 Å². The summed E-state index contributed by atoms with van der Waals surface area (Å²) in [5.74, 6) is 3.56. The summed E-state index contributed by atoms with van der Waals surface area (Å²) in [6.45, 7) is 11.1. The van der Waals surface area contributed by atoms with Crippen LogP contribution >= 0.6 is 0 Å². The highest BCUT2D eigenvalue weighted by atomic mass is 15.0. The van der Waals surface area contributed by atoms with Gasteiger partial charge < -0.3 is 5.32 Å². The number of nitrogens with one attached hydrogen (secondary N) is 1. The Kier molecular flexibility index (Phi) is 4.75. The third kappa shape index (κ3) is 2.76. The first kappa shape index (κ1) is 14.4. The zero-order chi connectivity index (χ0) is 13.2. The Labute approximate surface area is 114 Å². The molecule has 4 atom stereocenters. The van der Waals surface area contributed by atoms with Crippen LogP contribution in [0.5, 0.6) is 0 Å². The van der Waals surface area contributed by atoms with Crippen molar-refractivity contribution in [2.24, 2.45) is 23.7 Å². The van der Waals surface area contributed by atoms with E-state index in [0.29, 0.717) is 5.54 Å². The molecule has 1 nitrogen and oxygen atoms in total. The SMILES string of the molecule is CC1CCC(C2(C(C)C)CCCCCN2)CC1C. The largest absolute Gasteiger partial charge is 0.311 e. The van der Waals surface area contributed by atoms with Crippen molar-refractivity contribution in [2.75, 3.05) is 6.54 Å². The van der Waals surface area contributed by atoms with E-state index >= 15 is 0 Å². The van der Waals surface area contributed by atoms with Gasteiger partial charge in [0.15, 0.2) is 0 Å². The average molecular weight is 251 g/mol. The molecule has 1 heteroatoms. The van der Waals surface area contributed by atoms with Crippen LogP contribution in [0, 0.1) is 23.7 Å². The molecule has 0 spiro atoms. The maximum atomic E-state index is 4.00. The summed E-state index contributed by atoms with van der Waals surface area (Å²) in [5.41, 5.74) is 0.449. The molecule has 1 heterocycles. The minimum Gasteiger partial charge on any atom is -0.311 e. The Balaban J connectivity index is 2.13. The van der Waals surface area contributed by atoms with Gasteiger partial charge in [-0.2, -0.15) is 0 Å². The van der Waals surface area contributed by atoms with Crippen LogP contribution in [0.15, 0.2) is 0 Å².